The Hall–Kier alpha value is -3.76. The van der Waals surface area contributed by atoms with Crippen LogP contribution in [-0.4, -0.2) is 63.2 Å². The Bertz CT molecular complexity index is 1040. The maximum absolute atomic E-state index is 12.8. The molecule has 11 nitrogen and oxygen atoms in total. The number of aromatic nitrogens is 3. The summed E-state index contributed by atoms with van der Waals surface area (Å²) in [5.74, 6) is -0.328. The van der Waals surface area contributed by atoms with Crippen molar-refractivity contribution in [2.24, 2.45) is 15.6 Å². The van der Waals surface area contributed by atoms with Crippen LogP contribution < -0.4 is 5.32 Å². The van der Waals surface area contributed by atoms with Crippen LogP contribution in [0.15, 0.2) is 40.8 Å². The van der Waals surface area contributed by atoms with Crippen LogP contribution >= 0.6 is 0 Å². The lowest BCUT2D eigenvalue weighted by molar-refractivity contribution is -0.131. The average molecular weight is 424 g/mol. The fraction of sp³-hybridized carbons (Fsp3) is 0.400. The molecular weight excluding hydrogens is 400 g/mol. The number of nitroso groups, excluding NO2 is 1. The van der Waals surface area contributed by atoms with Crippen molar-refractivity contribution in [1.29, 1.82) is 5.41 Å². The number of hydrogen-bond donors (Lipinski definition) is 2. The van der Waals surface area contributed by atoms with Crippen molar-refractivity contribution in [2.75, 3.05) is 13.6 Å². The van der Waals surface area contributed by atoms with Crippen LogP contribution in [0.4, 0.5) is 0 Å². The number of aliphatic imine (C=N–C) groups is 1. The van der Waals surface area contributed by atoms with E-state index in [9.17, 15) is 14.5 Å². The van der Waals surface area contributed by atoms with E-state index in [-0.39, 0.29) is 24.0 Å². The van der Waals surface area contributed by atoms with E-state index in [0.717, 1.165) is 0 Å². The highest BCUT2D eigenvalue weighted by Crippen LogP contribution is 2.30. The van der Waals surface area contributed by atoms with Crippen LogP contribution in [0.25, 0.3) is 5.82 Å². The van der Waals surface area contributed by atoms with Crippen LogP contribution in [-0.2, 0) is 11.3 Å². The van der Waals surface area contributed by atoms with Crippen molar-refractivity contribution in [2.45, 2.75) is 32.9 Å². The molecule has 2 aromatic heterocycles. The van der Waals surface area contributed by atoms with Gasteiger partial charge in [0, 0.05) is 37.0 Å². The number of carbonyl (C=O) groups is 2. The predicted octanol–water partition coefficient (Wildman–Crippen LogP) is 1.57. The first-order valence-electron chi connectivity index (χ1n) is 9.70. The summed E-state index contributed by atoms with van der Waals surface area (Å²) in [6.07, 6.45) is 5.15. The summed E-state index contributed by atoms with van der Waals surface area (Å²) in [4.78, 5) is 45.4. The molecule has 0 aliphatic carbocycles. The van der Waals surface area contributed by atoms with Crippen molar-refractivity contribution in [3.63, 3.8) is 0 Å². The molecule has 0 saturated carbocycles. The van der Waals surface area contributed by atoms with E-state index in [4.69, 9.17) is 5.41 Å². The van der Waals surface area contributed by atoms with Gasteiger partial charge in [-0.1, -0.05) is 25.1 Å². The van der Waals surface area contributed by atoms with Gasteiger partial charge in [-0.2, -0.15) is 10.0 Å². The minimum atomic E-state index is -0.879. The number of hydrogen-bond acceptors (Lipinski definition) is 8. The number of nitrogens with one attached hydrogen (secondary N) is 2. The molecule has 2 aromatic rings. The molecule has 1 atom stereocenters. The SMILES string of the molecule is CN=CC(NC(=O)c1cccc(-n2cc(CN=O)cn2)n1)C(=N)N1CCC(C)(C)C1=O. The van der Waals surface area contributed by atoms with Crippen molar-refractivity contribution < 1.29 is 9.59 Å². The second-order valence-corrected chi connectivity index (χ2v) is 7.80. The van der Waals surface area contributed by atoms with Crippen molar-refractivity contribution >= 4 is 23.9 Å². The van der Waals surface area contributed by atoms with Crippen molar-refractivity contribution in [3.8, 4) is 5.82 Å². The lowest BCUT2D eigenvalue weighted by Crippen LogP contribution is -2.50. The molecule has 0 spiro atoms. The van der Waals surface area contributed by atoms with E-state index in [1.54, 1.807) is 18.3 Å². The molecule has 2 N–H and O–H groups in total. The Morgan fingerprint density at radius 2 is 2.19 bits per heavy atom. The monoisotopic (exact) mass is 424 g/mol. The summed E-state index contributed by atoms with van der Waals surface area (Å²) in [7, 11) is 1.53. The summed E-state index contributed by atoms with van der Waals surface area (Å²) in [5.41, 5.74) is 0.193. The first kappa shape index (κ1) is 21.9. The van der Waals surface area contributed by atoms with Gasteiger partial charge < -0.3 is 5.32 Å². The average Bonchev–Trinajstić information content (AvgIpc) is 3.32. The van der Waals surface area contributed by atoms with Crippen LogP contribution in [0, 0.1) is 15.7 Å². The van der Waals surface area contributed by atoms with Crippen molar-refractivity contribution in [1.82, 2.24) is 25.0 Å². The van der Waals surface area contributed by atoms with E-state index >= 15 is 0 Å². The van der Waals surface area contributed by atoms with Gasteiger partial charge in [0.2, 0.25) is 5.91 Å². The van der Waals surface area contributed by atoms with E-state index in [1.165, 1.54) is 35.1 Å². The van der Waals surface area contributed by atoms with Gasteiger partial charge in [-0.3, -0.25) is 24.9 Å². The highest BCUT2D eigenvalue weighted by atomic mass is 16.3. The van der Waals surface area contributed by atoms with Crippen LogP contribution in [0.3, 0.4) is 0 Å². The molecule has 0 bridgehead atoms. The topological polar surface area (TPSA) is 146 Å². The number of amidine groups is 1. The molecule has 162 valence electrons. The fourth-order valence-electron chi connectivity index (χ4n) is 3.22. The zero-order valence-electron chi connectivity index (χ0n) is 17.6. The van der Waals surface area contributed by atoms with Gasteiger partial charge in [0.25, 0.3) is 5.91 Å². The molecular formula is C20H24N8O3. The minimum absolute atomic E-state index is 0.00759. The molecule has 1 unspecified atom stereocenters. The molecule has 0 radical (unpaired) electrons. The van der Waals surface area contributed by atoms with Crippen LogP contribution in [0.2, 0.25) is 0 Å². The molecule has 1 saturated heterocycles. The molecule has 11 heteroatoms. The molecule has 1 fully saturated rings. The summed E-state index contributed by atoms with van der Waals surface area (Å²) >= 11 is 0. The van der Waals surface area contributed by atoms with Crippen molar-refractivity contribution in [3.05, 3.63) is 46.8 Å². The number of likely N-dealkylation sites (tertiary alicyclic amines) is 1. The Kier molecular flexibility index (Phi) is 6.33. The molecule has 0 aromatic carbocycles. The number of nitrogens with zero attached hydrogens (tertiary/aromatic N) is 6. The molecule has 31 heavy (non-hydrogen) atoms. The normalized spacial score (nSPS) is 16.5. The Labute approximate surface area is 179 Å². The Balaban J connectivity index is 1.77. The fourth-order valence-corrected chi connectivity index (χ4v) is 3.22. The summed E-state index contributed by atoms with van der Waals surface area (Å²) in [6, 6.07) is 3.97. The standard InChI is InChI=1S/C20H24N8O3/c1-20(2)7-8-27(19(20)30)17(21)15(11-22-3)26-18(29)14-5-4-6-16(25-14)28-12-13(9-23-28)10-24-31/h4-6,9,11-12,15,21H,7-8,10H2,1-3H3,(H,26,29). The second kappa shape index (κ2) is 8.94. The van der Waals surface area contributed by atoms with Gasteiger partial charge in [0.1, 0.15) is 24.1 Å². The van der Waals surface area contributed by atoms with Gasteiger partial charge in [0.15, 0.2) is 5.82 Å². The maximum Gasteiger partial charge on any atom is 0.270 e. The molecule has 1 aliphatic heterocycles. The zero-order valence-corrected chi connectivity index (χ0v) is 17.6. The first-order valence-corrected chi connectivity index (χ1v) is 9.70. The third-order valence-electron chi connectivity index (χ3n) is 5.04. The first-order chi connectivity index (χ1) is 14.8. The lowest BCUT2D eigenvalue weighted by Gasteiger charge is -2.24. The number of pyridine rings is 1. The number of amides is 2. The van der Waals surface area contributed by atoms with Gasteiger partial charge in [-0.15, -0.1) is 0 Å². The number of rotatable bonds is 7. The summed E-state index contributed by atoms with van der Waals surface area (Å²) in [6.45, 7) is 4.09. The van der Waals surface area contributed by atoms with E-state index in [1.807, 2.05) is 13.8 Å². The molecule has 3 rings (SSSR count). The van der Waals surface area contributed by atoms with Gasteiger partial charge in [-0.05, 0) is 18.6 Å². The molecule has 3 heterocycles. The smallest absolute Gasteiger partial charge is 0.270 e. The summed E-state index contributed by atoms with van der Waals surface area (Å²) in [5, 5.41) is 18.1. The third kappa shape index (κ3) is 4.71. The van der Waals surface area contributed by atoms with Gasteiger partial charge in [0.05, 0.1) is 6.20 Å². The van der Waals surface area contributed by atoms with Gasteiger partial charge >= 0.3 is 0 Å². The quantitative estimate of drug-likeness (QED) is 0.393. The highest BCUT2D eigenvalue weighted by Gasteiger charge is 2.41. The second-order valence-electron chi connectivity index (χ2n) is 7.80. The third-order valence-corrected chi connectivity index (χ3v) is 5.04. The minimum Gasteiger partial charge on any atom is -0.336 e. The zero-order chi connectivity index (χ0) is 22.6. The Morgan fingerprint density at radius 1 is 1.42 bits per heavy atom. The molecule has 2 amide bonds. The lowest BCUT2D eigenvalue weighted by atomic mass is 9.92. The number of carbonyl (C=O) groups excluding carboxylic acids is 2. The predicted molar refractivity (Wildman–Crippen MR) is 114 cm³/mol. The Morgan fingerprint density at radius 3 is 2.84 bits per heavy atom. The van der Waals surface area contributed by atoms with Crippen LogP contribution in [0.5, 0.6) is 0 Å². The largest absolute Gasteiger partial charge is 0.336 e. The summed E-state index contributed by atoms with van der Waals surface area (Å²) < 4.78 is 1.44. The maximum atomic E-state index is 12.8. The van der Waals surface area contributed by atoms with E-state index in [2.05, 4.69) is 25.6 Å². The highest BCUT2D eigenvalue weighted by molar-refractivity contribution is 6.11. The van der Waals surface area contributed by atoms with Crippen LogP contribution in [0.1, 0.15) is 36.3 Å². The van der Waals surface area contributed by atoms with E-state index in [0.29, 0.717) is 24.3 Å². The molecule has 1 aliphatic rings. The van der Waals surface area contributed by atoms with Gasteiger partial charge in [-0.25, -0.2) is 9.67 Å². The van der Waals surface area contributed by atoms with E-state index < -0.39 is 17.4 Å².